The summed E-state index contributed by atoms with van der Waals surface area (Å²) in [5.41, 5.74) is 2.60. The minimum absolute atomic E-state index is 1.09. The minimum atomic E-state index is 1.09. The molecule has 1 rings (SSSR count). The second-order valence-corrected chi connectivity index (χ2v) is 2.24. The largest absolute Gasteiger partial charge is 0.238 e. The van der Waals surface area contributed by atoms with Gasteiger partial charge < -0.3 is 0 Å². The first-order valence-corrected chi connectivity index (χ1v) is 3.49. The van der Waals surface area contributed by atoms with Gasteiger partial charge in [-0.25, -0.2) is 0 Å². The van der Waals surface area contributed by atoms with E-state index in [0.717, 1.165) is 5.69 Å². The first-order valence-electron chi connectivity index (χ1n) is 3.06. The van der Waals surface area contributed by atoms with Gasteiger partial charge in [-0.1, -0.05) is 18.2 Å². The summed E-state index contributed by atoms with van der Waals surface area (Å²) in [5.74, 6) is 0. The molecule has 0 aliphatic heterocycles. The van der Waals surface area contributed by atoms with Gasteiger partial charge in [-0.05, 0) is 11.6 Å². The maximum Gasteiger partial charge on any atom is 0.238 e. The van der Waals surface area contributed by atoms with Crippen molar-refractivity contribution < 1.29 is 4.58 Å². The van der Waals surface area contributed by atoms with Gasteiger partial charge in [-0.2, -0.15) is 4.58 Å². The molecule has 2 heteroatoms. The highest BCUT2D eigenvalue weighted by Crippen LogP contribution is 2.06. The lowest BCUT2D eigenvalue weighted by Gasteiger charge is -1.90. The molecule has 1 aromatic carbocycles. The Balaban J connectivity index is 2.96. The molecule has 0 unspecified atom stereocenters. The van der Waals surface area contributed by atoms with Gasteiger partial charge in [-0.3, -0.25) is 0 Å². The van der Waals surface area contributed by atoms with Crippen molar-refractivity contribution in [1.29, 1.82) is 0 Å². The van der Waals surface area contributed by atoms with Gasteiger partial charge in [0.2, 0.25) is 11.4 Å². The number of rotatable bonds is 1. The molecule has 10 heavy (non-hydrogen) atoms. The topological polar surface area (TPSA) is 3.01 Å². The molecule has 0 fully saturated rings. The van der Waals surface area contributed by atoms with Crippen LogP contribution in [-0.4, -0.2) is 17.3 Å². The SMILES string of the molecule is C[N+](=CCl)c1ccccc1. The van der Waals surface area contributed by atoms with E-state index in [2.05, 4.69) is 0 Å². The van der Waals surface area contributed by atoms with Crippen LogP contribution in [-0.2, 0) is 0 Å². The molecule has 52 valence electrons. The zero-order valence-electron chi connectivity index (χ0n) is 5.79. The van der Waals surface area contributed by atoms with E-state index in [1.54, 1.807) is 0 Å². The van der Waals surface area contributed by atoms with Crippen LogP contribution in [0.1, 0.15) is 0 Å². The van der Waals surface area contributed by atoms with Crippen molar-refractivity contribution in [3.63, 3.8) is 0 Å². The Labute approximate surface area is 65.6 Å². The standard InChI is InChI=1S/C8H9ClN/c1-10(7-9)8-5-3-2-4-6-8/h2-7H,1H3/q+1. The maximum absolute atomic E-state index is 5.49. The average molecular weight is 155 g/mol. The fraction of sp³-hybridized carbons (Fsp3) is 0.125. The average Bonchev–Trinajstić information content (AvgIpc) is 2.05. The molecule has 0 aliphatic carbocycles. The zero-order valence-corrected chi connectivity index (χ0v) is 6.55. The van der Waals surface area contributed by atoms with Crippen LogP contribution in [0.2, 0.25) is 0 Å². The summed E-state index contributed by atoms with van der Waals surface area (Å²) < 4.78 is 1.85. The molecule has 0 atom stereocenters. The quantitative estimate of drug-likeness (QED) is 0.431. The Morgan fingerprint density at radius 1 is 1.30 bits per heavy atom. The second-order valence-electron chi connectivity index (χ2n) is 2.04. The summed E-state index contributed by atoms with van der Waals surface area (Å²) in [6.45, 7) is 0. The first-order chi connectivity index (χ1) is 4.84. The summed E-state index contributed by atoms with van der Waals surface area (Å²) in [4.78, 5) is 0. The van der Waals surface area contributed by atoms with E-state index in [1.807, 2.05) is 42.0 Å². The monoisotopic (exact) mass is 154 g/mol. The Bertz CT molecular complexity index is 228. The van der Waals surface area contributed by atoms with Crippen LogP contribution in [0.15, 0.2) is 30.3 Å². The number of hydrogen-bond acceptors (Lipinski definition) is 0. The third kappa shape index (κ3) is 1.58. The zero-order chi connectivity index (χ0) is 7.40. The highest BCUT2D eigenvalue weighted by atomic mass is 35.5. The predicted octanol–water partition coefficient (Wildman–Crippen LogP) is 2.23. The summed E-state index contributed by atoms with van der Waals surface area (Å²) >= 11 is 5.49. The summed E-state index contributed by atoms with van der Waals surface area (Å²) in [5, 5.41) is 0. The number of hydrogen-bond donors (Lipinski definition) is 0. The van der Waals surface area contributed by atoms with E-state index in [4.69, 9.17) is 11.6 Å². The molecule has 0 saturated carbocycles. The van der Waals surface area contributed by atoms with Crippen molar-refractivity contribution in [2.45, 2.75) is 0 Å². The molecular formula is C8H9ClN+. The fourth-order valence-corrected chi connectivity index (χ4v) is 0.832. The van der Waals surface area contributed by atoms with Crippen LogP contribution in [0, 0.1) is 0 Å². The van der Waals surface area contributed by atoms with Crippen molar-refractivity contribution >= 4 is 23.0 Å². The van der Waals surface area contributed by atoms with Gasteiger partial charge >= 0.3 is 0 Å². The third-order valence-corrected chi connectivity index (χ3v) is 1.60. The third-order valence-electron chi connectivity index (χ3n) is 1.31. The Hall–Kier alpha value is -0.820. The fourth-order valence-electron chi connectivity index (χ4n) is 0.719. The van der Waals surface area contributed by atoms with Crippen molar-refractivity contribution in [2.75, 3.05) is 7.05 Å². The minimum Gasteiger partial charge on any atom is -0.191 e. The molecule has 0 N–H and O–H groups in total. The molecule has 1 nitrogen and oxygen atoms in total. The highest BCUT2D eigenvalue weighted by molar-refractivity contribution is 6.54. The Kier molecular flexibility index (Phi) is 2.46. The van der Waals surface area contributed by atoms with Crippen LogP contribution < -0.4 is 0 Å². The van der Waals surface area contributed by atoms with Gasteiger partial charge in [0, 0.05) is 12.1 Å². The van der Waals surface area contributed by atoms with E-state index in [0.29, 0.717) is 0 Å². The lowest BCUT2D eigenvalue weighted by atomic mass is 10.3. The molecule has 1 aromatic rings. The number of nitrogens with zero attached hydrogens (tertiary/aromatic N) is 1. The molecule has 0 heterocycles. The van der Waals surface area contributed by atoms with Gasteiger partial charge in [0.25, 0.3) is 0 Å². The second kappa shape index (κ2) is 3.37. The van der Waals surface area contributed by atoms with E-state index >= 15 is 0 Å². The van der Waals surface area contributed by atoms with E-state index < -0.39 is 0 Å². The van der Waals surface area contributed by atoms with E-state index in [9.17, 15) is 0 Å². The van der Waals surface area contributed by atoms with Gasteiger partial charge in [0.05, 0.1) is 0 Å². The van der Waals surface area contributed by atoms with Crippen molar-refractivity contribution in [3.8, 4) is 0 Å². The van der Waals surface area contributed by atoms with Crippen LogP contribution in [0.5, 0.6) is 0 Å². The van der Waals surface area contributed by atoms with Crippen LogP contribution in [0.25, 0.3) is 0 Å². The first kappa shape index (κ1) is 7.29. The van der Waals surface area contributed by atoms with Crippen LogP contribution in [0.4, 0.5) is 5.69 Å². The summed E-state index contributed by atoms with van der Waals surface area (Å²) in [7, 11) is 1.91. The van der Waals surface area contributed by atoms with Gasteiger partial charge in [0.15, 0.2) is 0 Å². The van der Waals surface area contributed by atoms with E-state index in [-0.39, 0.29) is 0 Å². The van der Waals surface area contributed by atoms with Crippen LogP contribution >= 0.6 is 11.6 Å². The van der Waals surface area contributed by atoms with Crippen LogP contribution in [0.3, 0.4) is 0 Å². The van der Waals surface area contributed by atoms with Crippen molar-refractivity contribution in [3.05, 3.63) is 30.3 Å². The predicted molar refractivity (Wildman–Crippen MR) is 44.2 cm³/mol. The molecule has 0 aromatic heterocycles. The molecule has 0 radical (unpaired) electrons. The van der Waals surface area contributed by atoms with Crippen molar-refractivity contribution in [2.24, 2.45) is 0 Å². The molecule has 0 bridgehead atoms. The van der Waals surface area contributed by atoms with E-state index in [1.165, 1.54) is 5.67 Å². The summed E-state index contributed by atoms with van der Waals surface area (Å²) in [6.07, 6.45) is 0. The molecular weight excluding hydrogens is 146 g/mol. The highest BCUT2D eigenvalue weighted by Gasteiger charge is 1.96. The Morgan fingerprint density at radius 3 is 2.40 bits per heavy atom. The number of halogens is 1. The molecule has 0 aliphatic rings. The van der Waals surface area contributed by atoms with Crippen molar-refractivity contribution in [1.82, 2.24) is 0 Å². The molecule has 0 saturated heterocycles. The summed E-state index contributed by atoms with van der Waals surface area (Å²) in [6, 6.07) is 9.93. The smallest absolute Gasteiger partial charge is 0.191 e. The number of benzene rings is 1. The van der Waals surface area contributed by atoms with Gasteiger partial charge in [-0.15, -0.1) is 0 Å². The maximum atomic E-state index is 5.49. The molecule has 0 amide bonds. The number of para-hydroxylation sites is 1. The molecule has 0 spiro atoms. The normalized spacial score (nSPS) is 11.6. The van der Waals surface area contributed by atoms with Gasteiger partial charge in [0.1, 0.15) is 7.05 Å². The lowest BCUT2D eigenvalue weighted by molar-refractivity contribution is -0.397. The Morgan fingerprint density at radius 2 is 1.90 bits per heavy atom. The lowest BCUT2D eigenvalue weighted by Crippen LogP contribution is -1.94.